The number of hydrogen-bond donors (Lipinski definition) is 1. The van der Waals surface area contributed by atoms with Crippen molar-refractivity contribution >= 4 is 33.5 Å². The van der Waals surface area contributed by atoms with Gasteiger partial charge in [0, 0.05) is 22.6 Å². The van der Waals surface area contributed by atoms with Crippen molar-refractivity contribution in [1.82, 2.24) is 4.98 Å². The maximum absolute atomic E-state index is 11.9. The number of rotatable bonds is 3. The highest BCUT2D eigenvalue weighted by Crippen LogP contribution is 2.30. The molecule has 4 aromatic rings. The molecule has 0 saturated carbocycles. The van der Waals surface area contributed by atoms with E-state index >= 15 is 0 Å². The number of oxazole rings is 1. The summed E-state index contributed by atoms with van der Waals surface area (Å²) in [4.78, 5) is 16.6. The third-order valence-electron chi connectivity index (χ3n) is 4.18. The van der Waals surface area contributed by atoms with Gasteiger partial charge in [0.1, 0.15) is 5.52 Å². The van der Waals surface area contributed by atoms with Crippen LogP contribution in [0.25, 0.3) is 33.3 Å². The highest BCUT2D eigenvalue weighted by Gasteiger charge is 2.12. The minimum atomic E-state index is -0.0700. The first-order valence-electron chi connectivity index (χ1n) is 8.31. The van der Waals surface area contributed by atoms with Crippen molar-refractivity contribution in [3.05, 3.63) is 60.7 Å². The van der Waals surface area contributed by atoms with Crippen molar-refractivity contribution < 1.29 is 9.21 Å². The third kappa shape index (κ3) is 2.87. The predicted molar refractivity (Wildman–Crippen MR) is 100 cm³/mol. The van der Waals surface area contributed by atoms with Crippen LogP contribution in [0.3, 0.4) is 0 Å². The minimum absolute atomic E-state index is 0.0132. The molecule has 0 unspecified atom stereocenters. The molecule has 4 heteroatoms. The number of carbonyl (C=O) groups is 1. The van der Waals surface area contributed by atoms with Crippen LogP contribution in [0.5, 0.6) is 0 Å². The van der Waals surface area contributed by atoms with E-state index in [9.17, 15) is 4.79 Å². The van der Waals surface area contributed by atoms with Crippen molar-refractivity contribution in [3.63, 3.8) is 0 Å². The summed E-state index contributed by atoms with van der Waals surface area (Å²) in [7, 11) is 0. The Labute approximate surface area is 145 Å². The number of fused-ring (bicyclic) bond motifs is 3. The van der Waals surface area contributed by atoms with Gasteiger partial charge in [-0.2, -0.15) is 0 Å². The summed E-state index contributed by atoms with van der Waals surface area (Å²) >= 11 is 0. The van der Waals surface area contributed by atoms with Gasteiger partial charge in [0.2, 0.25) is 11.8 Å². The van der Waals surface area contributed by atoms with Crippen molar-refractivity contribution in [3.8, 4) is 11.5 Å². The highest BCUT2D eigenvalue weighted by atomic mass is 16.3. The zero-order chi connectivity index (χ0) is 17.4. The molecule has 1 N–H and O–H groups in total. The zero-order valence-electron chi connectivity index (χ0n) is 14.1. The molecule has 4 rings (SSSR count). The summed E-state index contributed by atoms with van der Waals surface area (Å²) in [5.74, 6) is 0.465. The first kappa shape index (κ1) is 15.4. The van der Waals surface area contributed by atoms with Crippen LogP contribution in [0.15, 0.2) is 65.1 Å². The summed E-state index contributed by atoms with van der Waals surface area (Å²) < 4.78 is 5.95. The van der Waals surface area contributed by atoms with E-state index < -0.39 is 0 Å². The van der Waals surface area contributed by atoms with Crippen LogP contribution in [0.4, 0.5) is 5.69 Å². The lowest BCUT2D eigenvalue weighted by Crippen LogP contribution is -2.17. The number of hydrogen-bond acceptors (Lipinski definition) is 3. The number of amides is 1. The van der Waals surface area contributed by atoms with E-state index in [2.05, 4.69) is 16.4 Å². The van der Waals surface area contributed by atoms with Crippen molar-refractivity contribution in [1.29, 1.82) is 0 Å². The van der Waals surface area contributed by atoms with Crippen molar-refractivity contribution in [2.75, 3.05) is 5.32 Å². The second-order valence-corrected chi connectivity index (χ2v) is 6.38. The molecule has 0 saturated heterocycles. The maximum atomic E-state index is 11.9. The average molecular weight is 330 g/mol. The van der Waals surface area contributed by atoms with Gasteiger partial charge in [-0.3, -0.25) is 4.79 Å². The molecular weight excluding hydrogens is 312 g/mol. The minimum Gasteiger partial charge on any atom is -0.436 e. The van der Waals surface area contributed by atoms with Crippen LogP contribution in [0.2, 0.25) is 0 Å². The van der Waals surface area contributed by atoms with Crippen LogP contribution >= 0.6 is 0 Å². The Morgan fingerprint density at radius 2 is 1.88 bits per heavy atom. The maximum Gasteiger partial charge on any atom is 0.227 e. The zero-order valence-corrected chi connectivity index (χ0v) is 14.1. The number of anilines is 1. The van der Waals surface area contributed by atoms with E-state index in [1.165, 1.54) is 0 Å². The Kier molecular flexibility index (Phi) is 3.73. The molecule has 1 heterocycles. The summed E-state index contributed by atoms with van der Waals surface area (Å²) in [5.41, 5.74) is 3.18. The molecule has 0 aliphatic rings. The monoisotopic (exact) mass is 330 g/mol. The summed E-state index contributed by atoms with van der Waals surface area (Å²) in [6.45, 7) is 3.73. The molecule has 0 bridgehead atoms. The lowest BCUT2D eigenvalue weighted by atomic mass is 10.1. The van der Waals surface area contributed by atoms with E-state index in [1.54, 1.807) is 0 Å². The Balaban J connectivity index is 1.77. The molecule has 0 aliphatic carbocycles. The van der Waals surface area contributed by atoms with Gasteiger partial charge in [-0.05, 0) is 29.7 Å². The van der Waals surface area contributed by atoms with Gasteiger partial charge in [-0.15, -0.1) is 0 Å². The lowest BCUT2D eigenvalue weighted by molar-refractivity contribution is -0.118. The van der Waals surface area contributed by atoms with Gasteiger partial charge in [0.25, 0.3) is 0 Å². The van der Waals surface area contributed by atoms with Gasteiger partial charge >= 0.3 is 0 Å². The lowest BCUT2D eigenvalue weighted by Gasteiger charge is -2.08. The molecule has 1 aromatic heterocycles. The molecule has 124 valence electrons. The number of carbonyl (C=O) groups excluding carboxylic acids is 1. The van der Waals surface area contributed by atoms with Gasteiger partial charge < -0.3 is 9.73 Å². The SMILES string of the molecule is CC(C)C(=O)Nc1cccc(-c2nc3c(ccc4ccccc43)o2)c1. The molecule has 0 spiro atoms. The smallest absolute Gasteiger partial charge is 0.227 e. The summed E-state index contributed by atoms with van der Waals surface area (Å²) in [5, 5.41) is 5.11. The molecule has 0 atom stereocenters. The van der Waals surface area contributed by atoms with Crippen LogP contribution in [-0.4, -0.2) is 10.9 Å². The fourth-order valence-electron chi connectivity index (χ4n) is 2.80. The molecule has 3 aromatic carbocycles. The molecule has 25 heavy (non-hydrogen) atoms. The van der Waals surface area contributed by atoms with Crippen LogP contribution in [0, 0.1) is 5.92 Å². The number of aromatic nitrogens is 1. The fraction of sp³-hybridized carbons (Fsp3) is 0.143. The predicted octanol–water partition coefficient (Wildman–Crippen LogP) is 5.24. The average Bonchev–Trinajstić information content (AvgIpc) is 3.06. The Bertz CT molecular complexity index is 1080. The Morgan fingerprint density at radius 1 is 1.04 bits per heavy atom. The van der Waals surface area contributed by atoms with Crippen LogP contribution in [0.1, 0.15) is 13.8 Å². The quantitative estimate of drug-likeness (QED) is 0.558. The first-order chi connectivity index (χ1) is 12.1. The highest BCUT2D eigenvalue weighted by molar-refractivity contribution is 6.04. The Hall–Kier alpha value is -3.14. The Morgan fingerprint density at radius 3 is 2.72 bits per heavy atom. The van der Waals surface area contributed by atoms with Crippen molar-refractivity contribution in [2.45, 2.75) is 13.8 Å². The second-order valence-electron chi connectivity index (χ2n) is 6.38. The van der Waals surface area contributed by atoms with E-state index in [0.29, 0.717) is 5.89 Å². The van der Waals surface area contributed by atoms with Gasteiger partial charge in [-0.1, -0.05) is 50.2 Å². The number of nitrogens with zero attached hydrogens (tertiary/aromatic N) is 1. The summed E-state index contributed by atoms with van der Waals surface area (Å²) in [6, 6.07) is 19.7. The van der Waals surface area contributed by atoms with Crippen molar-refractivity contribution in [2.24, 2.45) is 5.92 Å². The van der Waals surface area contributed by atoms with Crippen LogP contribution in [-0.2, 0) is 4.79 Å². The summed E-state index contributed by atoms with van der Waals surface area (Å²) in [6.07, 6.45) is 0. The second kappa shape index (κ2) is 6.06. The molecule has 0 fully saturated rings. The molecule has 0 aliphatic heterocycles. The first-order valence-corrected chi connectivity index (χ1v) is 8.31. The molecule has 1 amide bonds. The normalized spacial score (nSPS) is 11.3. The number of nitrogens with one attached hydrogen (secondary N) is 1. The topological polar surface area (TPSA) is 55.1 Å². The largest absolute Gasteiger partial charge is 0.436 e. The van der Waals surface area contributed by atoms with E-state index in [4.69, 9.17) is 4.42 Å². The number of benzene rings is 3. The van der Waals surface area contributed by atoms with E-state index in [-0.39, 0.29) is 11.8 Å². The van der Waals surface area contributed by atoms with E-state index in [1.807, 2.05) is 68.4 Å². The van der Waals surface area contributed by atoms with Gasteiger partial charge in [0.05, 0.1) is 0 Å². The van der Waals surface area contributed by atoms with E-state index in [0.717, 1.165) is 33.1 Å². The van der Waals surface area contributed by atoms with Crippen LogP contribution < -0.4 is 5.32 Å². The fourth-order valence-corrected chi connectivity index (χ4v) is 2.80. The molecule has 0 radical (unpaired) electrons. The van der Waals surface area contributed by atoms with Gasteiger partial charge in [0.15, 0.2) is 5.58 Å². The molecule has 4 nitrogen and oxygen atoms in total. The standard InChI is InChI=1S/C21H18N2O2/c1-13(2)20(24)22-16-8-5-7-15(12-16)21-23-19-17-9-4-3-6-14(17)10-11-18(19)25-21/h3-13H,1-2H3,(H,22,24). The van der Waals surface area contributed by atoms with Gasteiger partial charge in [-0.25, -0.2) is 4.98 Å². The molecular formula is C21H18N2O2. The third-order valence-corrected chi connectivity index (χ3v) is 4.18.